The average molecular weight is 480 g/mol. The maximum atomic E-state index is 9.90. The number of phenols is 1. The zero-order valence-electron chi connectivity index (χ0n) is 14.1. The normalized spacial score (nSPS) is 9.93. The minimum atomic E-state index is -1.92. The fourth-order valence-electron chi connectivity index (χ4n) is 2.37. The Labute approximate surface area is 181 Å². The standard InChI is InChI=1S/C19H16ClNO2.3ClH.Ti/c1-21(17-9-5-6-10-18(17)22)13-14-11-12-19(23(14)2)15-7-3-4-8-16(15)20;;;;/h3-13,22H,1-2H2;3*1H;/q;;;;+3/p-3. The van der Waals surface area contributed by atoms with Crippen molar-refractivity contribution in [1.29, 1.82) is 0 Å². The molecule has 0 radical (unpaired) electrons. The first kappa shape index (κ1) is 22.1. The van der Waals surface area contributed by atoms with Crippen molar-refractivity contribution in [3.63, 3.8) is 0 Å². The van der Waals surface area contributed by atoms with Gasteiger partial charge in [0.2, 0.25) is 0 Å². The van der Waals surface area contributed by atoms with Gasteiger partial charge < -0.3 is 9.15 Å². The van der Waals surface area contributed by atoms with Crippen LogP contribution in [0.1, 0.15) is 5.76 Å². The molecule has 8 heteroatoms. The zero-order chi connectivity index (χ0) is 20.0. The monoisotopic (exact) mass is 478 g/mol. The van der Waals surface area contributed by atoms with E-state index in [9.17, 15) is 5.11 Å². The van der Waals surface area contributed by atoms with Crippen molar-refractivity contribution in [2.24, 2.45) is 0 Å². The molecule has 141 valence electrons. The minimum absolute atomic E-state index is 0.164. The molecule has 0 aliphatic heterocycles. The third-order valence-corrected chi connectivity index (χ3v) is 3.89. The molecule has 0 aliphatic rings. The van der Waals surface area contributed by atoms with E-state index in [2.05, 4.69) is 17.9 Å². The molecule has 0 atom stereocenters. The fraction of sp³-hybridized carbons (Fsp3) is 0. The number of aromatic hydroxyl groups is 1. The maximum absolute atomic E-state index is 9.90. The molecule has 3 rings (SSSR count). The van der Waals surface area contributed by atoms with Crippen LogP contribution in [-0.4, -0.2) is 16.4 Å². The van der Waals surface area contributed by atoms with Crippen LogP contribution in [-0.2, 0) is 14.7 Å². The third kappa shape index (κ3) is 6.15. The molecule has 3 nitrogen and oxygen atoms in total. The van der Waals surface area contributed by atoms with Gasteiger partial charge >= 0.3 is 42.6 Å². The molecule has 0 saturated carbocycles. The quantitative estimate of drug-likeness (QED) is 0.138. The van der Waals surface area contributed by atoms with E-state index in [1.165, 1.54) is 0 Å². The van der Waals surface area contributed by atoms with Gasteiger partial charge in [-0.2, -0.15) is 0 Å². The molecule has 1 heterocycles. The summed E-state index contributed by atoms with van der Waals surface area (Å²) in [6.07, 6.45) is 0. The van der Waals surface area contributed by atoms with Crippen molar-refractivity contribution < 1.29 is 28.4 Å². The molecule has 2 aromatic carbocycles. The zero-order valence-corrected chi connectivity index (χ0v) is 18.7. The summed E-state index contributed by atoms with van der Waals surface area (Å²) < 4.78 is 4.30. The summed E-state index contributed by atoms with van der Waals surface area (Å²) in [4.78, 5) is 0. The van der Waals surface area contributed by atoms with Gasteiger partial charge in [-0.3, -0.25) is 4.58 Å². The van der Waals surface area contributed by atoms with Gasteiger partial charge in [-0.25, -0.2) is 0 Å². The van der Waals surface area contributed by atoms with Crippen LogP contribution in [0, 0.1) is 13.7 Å². The summed E-state index contributed by atoms with van der Waals surface area (Å²) in [5.74, 6) is 1.75. The molecule has 0 aliphatic carbocycles. The Morgan fingerprint density at radius 2 is 1.59 bits per heavy atom. The number of hydrogen-bond donors (Lipinski definition) is 1. The molecular weight excluding hydrogens is 464 g/mol. The predicted octanol–water partition coefficient (Wildman–Crippen LogP) is 7.25. The van der Waals surface area contributed by atoms with Crippen LogP contribution >= 0.6 is 39.5 Å². The van der Waals surface area contributed by atoms with Crippen LogP contribution in [0.15, 0.2) is 64.7 Å². The van der Waals surface area contributed by atoms with E-state index in [1.807, 2.05) is 42.5 Å². The van der Waals surface area contributed by atoms with Crippen LogP contribution < -0.4 is 0 Å². The van der Waals surface area contributed by atoms with Crippen molar-refractivity contribution >= 4 is 51.9 Å². The summed E-state index contributed by atoms with van der Waals surface area (Å²) in [6, 6.07) is 18.4. The Hall–Kier alpha value is -1.20. The predicted molar refractivity (Wildman–Crippen MR) is 111 cm³/mol. The van der Waals surface area contributed by atoms with E-state index in [-0.39, 0.29) is 5.75 Å². The van der Waals surface area contributed by atoms with E-state index in [1.54, 1.807) is 29.3 Å². The molecule has 1 aromatic heterocycles. The molecule has 3 aromatic rings. The number of para-hydroxylation sites is 2. The van der Waals surface area contributed by atoms with Crippen molar-refractivity contribution in [3.8, 4) is 17.1 Å². The Morgan fingerprint density at radius 3 is 2.22 bits per heavy atom. The molecule has 0 spiro atoms. The van der Waals surface area contributed by atoms with Crippen LogP contribution in [0.25, 0.3) is 11.3 Å². The van der Waals surface area contributed by atoms with Crippen LogP contribution in [0.2, 0.25) is 5.02 Å². The fourth-order valence-corrected chi connectivity index (χ4v) is 2.60. The Balaban J connectivity index is 0.000000596. The molecule has 0 saturated heterocycles. The first-order valence-electron chi connectivity index (χ1n) is 7.58. The van der Waals surface area contributed by atoms with Gasteiger partial charge in [-0.15, -0.1) is 0 Å². The summed E-state index contributed by atoms with van der Waals surface area (Å²) in [7, 11) is 18.9. The summed E-state index contributed by atoms with van der Waals surface area (Å²) >= 11 is 4.33. The second-order valence-corrected chi connectivity index (χ2v) is 13.4. The third-order valence-electron chi connectivity index (χ3n) is 3.56. The van der Waals surface area contributed by atoms with E-state index in [4.69, 9.17) is 39.5 Å². The van der Waals surface area contributed by atoms with Gasteiger partial charge in [-0.05, 0) is 18.2 Å². The van der Waals surface area contributed by atoms with Gasteiger partial charge in [0.1, 0.15) is 18.1 Å². The van der Waals surface area contributed by atoms with Crippen LogP contribution in [0.3, 0.4) is 0 Å². The Kier molecular flexibility index (Phi) is 8.49. The molecule has 1 N–H and O–H groups in total. The van der Waals surface area contributed by atoms with Crippen LogP contribution in [0.5, 0.6) is 5.75 Å². The van der Waals surface area contributed by atoms with Crippen molar-refractivity contribution in [2.45, 2.75) is 0 Å². The van der Waals surface area contributed by atoms with Crippen LogP contribution in [0.4, 0.5) is 5.69 Å². The van der Waals surface area contributed by atoms with Gasteiger partial charge in [-0.1, -0.05) is 54.1 Å². The van der Waals surface area contributed by atoms with E-state index in [0.29, 0.717) is 10.7 Å². The summed E-state index contributed by atoms with van der Waals surface area (Å²) in [5, 5.41) is 10.6. The number of phenolic OH excluding ortho intramolecular Hbond substituents is 1. The molecule has 27 heavy (non-hydrogen) atoms. The second kappa shape index (κ2) is 10.4. The van der Waals surface area contributed by atoms with E-state index < -0.39 is 14.7 Å². The number of halogens is 4. The van der Waals surface area contributed by atoms with Gasteiger partial charge in [0, 0.05) is 10.6 Å². The second-order valence-electron chi connectivity index (χ2n) is 5.27. The van der Waals surface area contributed by atoms with E-state index >= 15 is 0 Å². The van der Waals surface area contributed by atoms with E-state index in [0.717, 1.165) is 17.1 Å². The van der Waals surface area contributed by atoms with Crippen molar-refractivity contribution in [2.75, 3.05) is 0 Å². The molecule has 0 fully saturated rings. The molecule has 0 unspecified atom stereocenters. The average Bonchev–Trinajstić information content (AvgIpc) is 2.96. The molecule has 0 bridgehead atoms. The first-order chi connectivity index (χ1) is 12.8. The Morgan fingerprint density at radius 1 is 1.00 bits per heavy atom. The van der Waals surface area contributed by atoms with Crippen molar-refractivity contribution in [3.05, 3.63) is 85.1 Å². The Bertz CT molecular complexity index is 925. The van der Waals surface area contributed by atoms with Gasteiger partial charge in [0.05, 0.1) is 13.8 Å². The molecular formula is C19H16Cl4NO2Ti. The number of nitrogens with zero attached hydrogens (tertiary/aromatic N) is 1. The number of benzene rings is 2. The number of furan rings is 1. The topological polar surface area (TPSA) is 25.9 Å². The van der Waals surface area contributed by atoms with Gasteiger partial charge in [0.15, 0.2) is 11.4 Å². The number of rotatable bonds is 4. The molecule has 0 amide bonds. The summed E-state index contributed by atoms with van der Waals surface area (Å²) in [6.45, 7) is 5.71. The van der Waals surface area contributed by atoms with Gasteiger partial charge in [0.25, 0.3) is 0 Å². The number of hydrogen-bond acceptors (Lipinski definition) is 1. The SMILES string of the molecule is C=[N+]([CH-]c1ccc(-c2ccccc2Cl)[o+]1[CH2-])c1ccccc1O.[Cl][Ti]([Cl])[Cl]. The van der Waals surface area contributed by atoms with Crippen molar-refractivity contribution in [1.82, 2.24) is 0 Å². The summed E-state index contributed by atoms with van der Waals surface area (Å²) in [5.41, 5.74) is 1.49. The first-order valence-corrected chi connectivity index (χ1v) is 14.4.